The van der Waals surface area contributed by atoms with E-state index in [9.17, 15) is 4.39 Å². The average molecular weight is 529 g/mol. The summed E-state index contributed by atoms with van der Waals surface area (Å²) in [7, 11) is 3.19. The van der Waals surface area contributed by atoms with Crippen LogP contribution in [0.4, 0.5) is 8.78 Å². The lowest BCUT2D eigenvalue weighted by atomic mass is 9.82. The Kier molecular flexibility index (Phi) is 7.88. The van der Waals surface area contributed by atoms with Crippen LogP contribution in [0.25, 0.3) is 10.9 Å². The zero-order valence-electron chi connectivity index (χ0n) is 22.7. The summed E-state index contributed by atoms with van der Waals surface area (Å²) < 4.78 is 45.4. The van der Waals surface area contributed by atoms with Crippen LogP contribution in [0.15, 0.2) is 36.5 Å². The smallest absolute Gasteiger partial charge is 0.144 e. The first-order chi connectivity index (χ1) is 18.3. The van der Waals surface area contributed by atoms with Gasteiger partial charge in [0.15, 0.2) is 0 Å². The largest absolute Gasteiger partial charge is 0.496 e. The second-order valence-electron chi connectivity index (χ2n) is 10.9. The predicted octanol–water partition coefficient (Wildman–Crippen LogP) is 4.70. The standard InChI is InChI=1S/C29H38F2N4O3/c1-19-12-24-22(8-9-26-25(24)14-32-33-26)28(35(19)17-29(2,31)18-36-3)23-7-6-20(13-27(23)37-4)38-21-15-34(16-21)11-5-10-30/h6-9,13-14,19,21,28H,5,10-12,15-18H2,1-4H3,(H,32,33)/t19-,28+,29?/m1/s1. The molecule has 0 aliphatic carbocycles. The van der Waals surface area contributed by atoms with Crippen LogP contribution in [-0.4, -0.2) is 91.5 Å². The fraction of sp³-hybridized carbons (Fsp3) is 0.552. The average Bonchev–Trinajstić information content (AvgIpc) is 3.35. The number of aromatic amines is 1. The molecule has 1 unspecified atom stereocenters. The number of alkyl halides is 2. The minimum absolute atomic E-state index is 0.0181. The zero-order valence-corrected chi connectivity index (χ0v) is 22.7. The summed E-state index contributed by atoms with van der Waals surface area (Å²) in [6.07, 6.45) is 3.30. The van der Waals surface area contributed by atoms with Gasteiger partial charge in [-0.1, -0.05) is 6.07 Å². The SMILES string of the molecule is COCC(C)(F)CN1[C@H](c2ccc(OC3CN(CCCF)C3)cc2OC)c2ccc3[nH]ncc3c2C[C@H]1C. The number of hydrogen-bond donors (Lipinski definition) is 1. The molecule has 0 saturated carbocycles. The highest BCUT2D eigenvalue weighted by molar-refractivity contribution is 5.83. The van der Waals surface area contributed by atoms with Crippen LogP contribution >= 0.6 is 0 Å². The minimum Gasteiger partial charge on any atom is -0.496 e. The first-order valence-corrected chi connectivity index (χ1v) is 13.3. The molecule has 2 aliphatic heterocycles. The van der Waals surface area contributed by atoms with Crippen molar-refractivity contribution in [3.63, 3.8) is 0 Å². The van der Waals surface area contributed by atoms with E-state index >= 15 is 4.39 Å². The fourth-order valence-corrected chi connectivity index (χ4v) is 5.99. The summed E-state index contributed by atoms with van der Waals surface area (Å²) in [5, 5.41) is 8.44. The van der Waals surface area contributed by atoms with Gasteiger partial charge in [0.25, 0.3) is 0 Å². The number of nitrogens with zero attached hydrogens (tertiary/aromatic N) is 3. The van der Waals surface area contributed by atoms with Crippen molar-refractivity contribution in [2.24, 2.45) is 0 Å². The minimum atomic E-state index is -1.52. The number of halogens is 2. The monoisotopic (exact) mass is 528 g/mol. The Balaban J connectivity index is 1.48. The molecule has 0 amide bonds. The molecule has 38 heavy (non-hydrogen) atoms. The van der Waals surface area contributed by atoms with Gasteiger partial charge in [-0.25, -0.2) is 4.39 Å². The second kappa shape index (κ2) is 11.2. The number of likely N-dealkylation sites (tertiary alicyclic amines) is 1. The lowest BCUT2D eigenvalue weighted by Gasteiger charge is -2.45. The van der Waals surface area contributed by atoms with Crippen LogP contribution in [0.1, 0.15) is 43.0 Å². The van der Waals surface area contributed by atoms with Crippen LogP contribution in [0.5, 0.6) is 11.5 Å². The Hall–Kier alpha value is -2.75. The molecule has 7 nitrogen and oxygen atoms in total. The van der Waals surface area contributed by atoms with Gasteiger partial charge in [0.1, 0.15) is 23.3 Å². The van der Waals surface area contributed by atoms with E-state index < -0.39 is 5.67 Å². The van der Waals surface area contributed by atoms with Crippen LogP contribution in [0.2, 0.25) is 0 Å². The van der Waals surface area contributed by atoms with E-state index in [4.69, 9.17) is 14.2 Å². The molecule has 2 aliphatic rings. The van der Waals surface area contributed by atoms with E-state index in [1.54, 1.807) is 14.0 Å². The summed E-state index contributed by atoms with van der Waals surface area (Å²) in [6.45, 7) is 6.03. The van der Waals surface area contributed by atoms with Crippen LogP contribution in [0.3, 0.4) is 0 Å². The van der Waals surface area contributed by atoms with Crippen LogP contribution in [-0.2, 0) is 11.2 Å². The molecule has 1 fully saturated rings. The van der Waals surface area contributed by atoms with Crippen molar-refractivity contribution in [1.82, 2.24) is 20.0 Å². The molecule has 1 aromatic heterocycles. The number of nitrogens with one attached hydrogen (secondary N) is 1. The van der Waals surface area contributed by atoms with Gasteiger partial charge in [-0.15, -0.1) is 0 Å². The van der Waals surface area contributed by atoms with E-state index in [1.165, 1.54) is 12.7 Å². The van der Waals surface area contributed by atoms with Crippen molar-refractivity contribution in [2.75, 3.05) is 53.7 Å². The van der Waals surface area contributed by atoms with E-state index in [-0.39, 0.29) is 38.0 Å². The maximum Gasteiger partial charge on any atom is 0.144 e. The molecule has 2 aromatic carbocycles. The Morgan fingerprint density at radius 2 is 1.95 bits per heavy atom. The van der Waals surface area contributed by atoms with Gasteiger partial charge >= 0.3 is 0 Å². The summed E-state index contributed by atoms with van der Waals surface area (Å²) in [5.41, 5.74) is 2.78. The van der Waals surface area contributed by atoms with Gasteiger partial charge in [-0.05, 0) is 56.0 Å². The van der Waals surface area contributed by atoms with Gasteiger partial charge in [-0.3, -0.25) is 19.3 Å². The van der Waals surface area contributed by atoms with Gasteiger partial charge in [0.05, 0.1) is 38.1 Å². The second-order valence-corrected chi connectivity index (χ2v) is 10.9. The normalized spacial score (nSPS) is 22.2. The highest BCUT2D eigenvalue weighted by Crippen LogP contribution is 2.45. The first kappa shape index (κ1) is 26.8. The number of H-pyrrole nitrogens is 1. The maximum absolute atomic E-state index is 15.6. The molecule has 0 bridgehead atoms. The van der Waals surface area contributed by atoms with E-state index in [2.05, 4.69) is 33.0 Å². The summed E-state index contributed by atoms with van der Waals surface area (Å²) in [6, 6.07) is 9.96. The highest BCUT2D eigenvalue weighted by Gasteiger charge is 2.40. The first-order valence-electron chi connectivity index (χ1n) is 13.3. The van der Waals surface area contributed by atoms with Crippen molar-refractivity contribution >= 4 is 10.9 Å². The molecule has 9 heteroatoms. The van der Waals surface area contributed by atoms with Gasteiger partial charge in [-0.2, -0.15) is 5.10 Å². The summed E-state index contributed by atoms with van der Waals surface area (Å²) in [5.74, 6) is 1.43. The van der Waals surface area contributed by atoms with Crippen LogP contribution < -0.4 is 9.47 Å². The Labute approximate surface area is 223 Å². The number of rotatable bonds is 11. The Morgan fingerprint density at radius 3 is 2.68 bits per heavy atom. The zero-order chi connectivity index (χ0) is 26.9. The fourth-order valence-electron chi connectivity index (χ4n) is 5.99. The molecule has 206 valence electrons. The molecular formula is C29H38F2N4O3. The Bertz CT molecular complexity index is 1240. The van der Waals surface area contributed by atoms with E-state index in [0.29, 0.717) is 12.2 Å². The molecule has 3 aromatic rings. The Morgan fingerprint density at radius 1 is 1.16 bits per heavy atom. The molecule has 1 N–H and O–H groups in total. The summed E-state index contributed by atoms with van der Waals surface area (Å²) in [4.78, 5) is 4.42. The van der Waals surface area contributed by atoms with Crippen molar-refractivity contribution in [3.05, 3.63) is 53.2 Å². The number of benzene rings is 2. The highest BCUT2D eigenvalue weighted by atomic mass is 19.1. The lowest BCUT2D eigenvalue weighted by Crippen LogP contribution is -2.53. The van der Waals surface area contributed by atoms with Crippen molar-refractivity contribution < 1.29 is 23.0 Å². The van der Waals surface area contributed by atoms with Gasteiger partial charge < -0.3 is 14.2 Å². The quantitative estimate of drug-likeness (QED) is 0.389. The lowest BCUT2D eigenvalue weighted by molar-refractivity contribution is 0.00198. The van der Waals surface area contributed by atoms with Crippen molar-refractivity contribution in [3.8, 4) is 11.5 Å². The van der Waals surface area contributed by atoms with Gasteiger partial charge in [0, 0.05) is 56.3 Å². The molecule has 3 atom stereocenters. The van der Waals surface area contributed by atoms with E-state index in [0.717, 1.165) is 53.8 Å². The molecule has 0 radical (unpaired) electrons. The number of ether oxygens (including phenoxy) is 3. The number of fused-ring (bicyclic) bond motifs is 3. The third-order valence-corrected chi connectivity index (χ3v) is 7.76. The number of hydrogen-bond acceptors (Lipinski definition) is 6. The third-order valence-electron chi connectivity index (χ3n) is 7.76. The maximum atomic E-state index is 15.6. The van der Waals surface area contributed by atoms with Crippen LogP contribution in [0, 0.1) is 0 Å². The van der Waals surface area contributed by atoms with Crippen molar-refractivity contribution in [2.45, 2.75) is 50.5 Å². The van der Waals surface area contributed by atoms with E-state index in [1.807, 2.05) is 30.5 Å². The third kappa shape index (κ3) is 5.37. The molecular weight excluding hydrogens is 490 g/mol. The van der Waals surface area contributed by atoms with Crippen molar-refractivity contribution in [1.29, 1.82) is 0 Å². The van der Waals surface area contributed by atoms with Gasteiger partial charge in [0.2, 0.25) is 0 Å². The number of methoxy groups -OCH3 is 2. The molecule has 1 saturated heterocycles. The molecule has 5 rings (SSSR count). The number of aromatic nitrogens is 2. The predicted molar refractivity (Wildman–Crippen MR) is 144 cm³/mol. The molecule has 3 heterocycles. The topological polar surface area (TPSA) is 62.9 Å². The molecule has 0 spiro atoms. The summed E-state index contributed by atoms with van der Waals surface area (Å²) >= 11 is 0.